The van der Waals surface area contributed by atoms with Crippen LogP contribution in [0.3, 0.4) is 0 Å². The molecule has 0 bridgehead atoms. The van der Waals surface area contributed by atoms with E-state index in [1.54, 1.807) is 30.5 Å². The van der Waals surface area contributed by atoms with Crippen molar-refractivity contribution in [2.24, 2.45) is 0 Å². The Balaban J connectivity index is 1.32. The Bertz CT molecular complexity index is 1060. The third kappa shape index (κ3) is 5.76. The fourth-order valence-corrected chi connectivity index (χ4v) is 4.51. The fraction of sp³-hybridized carbons (Fsp3) is 0.292. The van der Waals surface area contributed by atoms with Gasteiger partial charge in [-0.3, -0.25) is 14.2 Å². The number of hydrogen-bond acceptors (Lipinski definition) is 4. The Hall–Kier alpha value is -3.13. The summed E-state index contributed by atoms with van der Waals surface area (Å²) in [5.74, 6) is -0.159. The van der Waals surface area contributed by atoms with Gasteiger partial charge in [0, 0.05) is 36.2 Å². The van der Waals surface area contributed by atoms with Crippen molar-refractivity contribution >= 4 is 23.6 Å². The van der Waals surface area contributed by atoms with Gasteiger partial charge in [-0.1, -0.05) is 36.7 Å². The second-order valence-corrected chi connectivity index (χ2v) is 8.72. The van der Waals surface area contributed by atoms with Crippen molar-refractivity contribution in [3.63, 3.8) is 0 Å². The molecule has 32 heavy (non-hydrogen) atoms. The lowest BCUT2D eigenvalue weighted by Gasteiger charge is -2.12. The van der Waals surface area contributed by atoms with Crippen LogP contribution in [-0.2, 0) is 11.3 Å². The molecular weight excluding hydrogens is 427 g/mol. The van der Waals surface area contributed by atoms with Gasteiger partial charge in [-0.25, -0.2) is 9.37 Å². The highest BCUT2D eigenvalue weighted by Crippen LogP contribution is 2.22. The van der Waals surface area contributed by atoms with Gasteiger partial charge in [0.25, 0.3) is 5.91 Å². The summed E-state index contributed by atoms with van der Waals surface area (Å²) >= 11 is 1.39. The maximum Gasteiger partial charge on any atom is 0.251 e. The molecule has 2 aromatic carbocycles. The minimum atomic E-state index is -0.304. The maximum atomic E-state index is 13.0. The number of hydrogen-bond donors (Lipinski definition) is 2. The van der Waals surface area contributed by atoms with Crippen molar-refractivity contribution in [1.82, 2.24) is 20.2 Å². The summed E-state index contributed by atoms with van der Waals surface area (Å²) in [5.41, 5.74) is 2.21. The van der Waals surface area contributed by atoms with Crippen molar-refractivity contribution in [3.8, 4) is 5.69 Å². The Morgan fingerprint density at radius 3 is 2.50 bits per heavy atom. The summed E-state index contributed by atoms with van der Waals surface area (Å²) in [6.45, 7) is 0.325. The van der Waals surface area contributed by atoms with Crippen molar-refractivity contribution in [2.45, 2.75) is 43.4 Å². The zero-order valence-corrected chi connectivity index (χ0v) is 18.4. The van der Waals surface area contributed by atoms with Crippen LogP contribution in [0.5, 0.6) is 0 Å². The Morgan fingerprint density at radius 1 is 1.06 bits per heavy atom. The van der Waals surface area contributed by atoms with Crippen molar-refractivity contribution in [1.29, 1.82) is 0 Å². The maximum absolute atomic E-state index is 13.0. The molecule has 1 saturated carbocycles. The van der Waals surface area contributed by atoms with Gasteiger partial charge in [-0.05, 0) is 54.8 Å². The lowest BCUT2D eigenvalue weighted by atomic mass is 10.1. The summed E-state index contributed by atoms with van der Waals surface area (Å²) in [7, 11) is 0. The predicted molar refractivity (Wildman–Crippen MR) is 122 cm³/mol. The monoisotopic (exact) mass is 452 g/mol. The quantitative estimate of drug-likeness (QED) is 0.505. The van der Waals surface area contributed by atoms with E-state index < -0.39 is 0 Å². The number of benzene rings is 2. The second-order valence-electron chi connectivity index (χ2n) is 7.77. The van der Waals surface area contributed by atoms with E-state index in [9.17, 15) is 14.0 Å². The molecule has 1 aliphatic rings. The molecular formula is C24H25FN4O2S. The SMILES string of the molecule is O=C(CSc1nccn1-c1ccc(C(=O)NCc2ccc(F)cc2)cc1)NC1CCCC1. The van der Waals surface area contributed by atoms with Crippen LogP contribution in [0.1, 0.15) is 41.6 Å². The third-order valence-electron chi connectivity index (χ3n) is 5.43. The fourth-order valence-electron chi connectivity index (χ4n) is 3.72. The number of halogens is 1. The number of thioether (sulfide) groups is 1. The van der Waals surface area contributed by atoms with Crippen LogP contribution >= 0.6 is 11.8 Å². The van der Waals surface area contributed by atoms with Crippen LogP contribution in [0.15, 0.2) is 66.1 Å². The van der Waals surface area contributed by atoms with Gasteiger partial charge in [-0.2, -0.15) is 0 Å². The van der Waals surface area contributed by atoms with E-state index in [1.165, 1.54) is 36.7 Å². The van der Waals surface area contributed by atoms with Crippen LogP contribution < -0.4 is 10.6 Å². The zero-order valence-electron chi connectivity index (χ0n) is 17.6. The second kappa shape index (κ2) is 10.5. The molecule has 0 unspecified atom stereocenters. The highest BCUT2D eigenvalue weighted by atomic mass is 32.2. The first kappa shape index (κ1) is 22.1. The number of rotatable bonds is 8. The molecule has 1 fully saturated rings. The first-order chi connectivity index (χ1) is 15.6. The van der Waals surface area contributed by atoms with Gasteiger partial charge in [0.05, 0.1) is 5.75 Å². The zero-order chi connectivity index (χ0) is 22.3. The van der Waals surface area contributed by atoms with E-state index in [1.807, 2.05) is 22.9 Å². The molecule has 8 heteroatoms. The average Bonchev–Trinajstić information content (AvgIpc) is 3.49. The van der Waals surface area contributed by atoms with E-state index >= 15 is 0 Å². The molecule has 0 atom stereocenters. The van der Waals surface area contributed by atoms with Crippen LogP contribution in [-0.4, -0.2) is 33.2 Å². The molecule has 0 saturated heterocycles. The molecule has 3 aromatic rings. The molecule has 2 N–H and O–H groups in total. The highest BCUT2D eigenvalue weighted by molar-refractivity contribution is 7.99. The van der Waals surface area contributed by atoms with Crippen LogP contribution in [0.2, 0.25) is 0 Å². The molecule has 2 amide bonds. The largest absolute Gasteiger partial charge is 0.353 e. The molecule has 1 aromatic heterocycles. The van der Waals surface area contributed by atoms with Crippen LogP contribution in [0.25, 0.3) is 5.69 Å². The number of amides is 2. The van der Waals surface area contributed by atoms with Gasteiger partial charge < -0.3 is 10.6 Å². The standard InChI is InChI=1S/C24H25FN4O2S/c25-19-9-5-17(6-10-19)15-27-23(31)18-7-11-21(12-8-18)29-14-13-26-24(29)32-16-22(30)28-20-3-1-2-4-20/h5-14,20H,1-4,15-16H2,(H,27,31)(H,28,30). The van der Waals surface area contributed by atoms with E-state index in [0.29, 0.717) is 23.9 Å². The third-order valence-corrected chi connectivity index (χ3v) is 6.40. The summed E-state index contributed by atoms with van der Waals surface area (Å²) in [6, 6.07) is 13.5. The number of imidazole rings is 1. The summed E-state index contributed by atoms with van der Waals surface area (Å²) in [6.07, 6.45) is 8.02. The first-order valence-electron chi connectivity index (χ1n) is 10.7. The summed E-state index contributed by atoms with van der Waals surface area (Å²) in [5, 5.41) is 6.64. The molecule has 1 heterocycles. The van der Waals surface area contributed by atoms with Crippen LogP contribution in [0, 0.1) is 5.82 Å². The molecule has 4 rings (SSSR count). The van der Waals surface area contributed by atoms with Crippen molar-refractivity contribution < 1.29 is 14.0 Å². The number of nitrogens with zero attached hydrogens (tertiary/aromatic N) is 2. The summed E-state index contributed by atoms with van der Waals surface area (Å²) in [4.78, 5) is 29.0. The predicted octanol–water partition coefficient (Wildman–Crippen LogP) is 4.09. The van der Waals surface area contributed by atoms with Crippen LogP contribution in [0.4, 0.5) is 4.39 Å². The average molecular weight is 453 g/mol. The Labute approximate surface area is 190 Å². The minimum absolute atomic E-state index is 0.0321. The van der Waals surface area contributed by atoms with Crippen molar-refractivity contribution in [3.05, 3.63) is 77.9 Å². The molecule has 0 aliphatic heterocycles. The van der Waals surface area contributed by atoms with Gasteiger partial charge in [0.1, 0.15) is 5.82 Å². The Morgan fingerprint density at radius 2 is 1.78 bits per heavy atom. The van der Waals surface area contributed by atoms with E-state index in [0.717, 1.165) is 29.2 Å². The van der Waals surface area contributed by atoms with Gasteiger partial charge in [0.15, 0.2) is 5.16 Å². The lowest BCUT2D eigenvalue weighted by Crippen LogP contribution is -2.33. The molecule has 0 radical (unpaired) electrons. The van der Waals surface area contributed by atoms with E-state index in [2.05, 4.69) is 15.6 Å². The van der Waals surface area contributed by atoms with E-state index in [-0.39, 0.29) is 17.6 Å². The van der Waals surface area contributed by atoms with E-state index in [4.69, 9.17) is 0 Å². The highest BCUT2D eigenvalue weighted by Gasteiger charge is 2.18. The molecule has 1 aliphatic carbocycles. The number of carbonyl (C=O) groups is 2. The Kier molecular flexibility index (Phi) is 7.21. The molecule has 166 valence electrons. The van der Waals surface area contributed by atoms with Gasteiger partial charge >= 0.3 is 0 Å². The van der Waals surface area contributed by atoms with Crippen molar-refractivity contribution in [2.75, 3.05) is 5.75 Å². The number of nitrogens with one attached hydrogen (secondary N) is 2. The molecule has 0 spiro atoms. The van der Waals surface area contributed by atoms with Gasteiger partial charge in [-0.15, -0.1) is 0 Å². The minimum Gasteiger partial charge on any atom is -0.353 e. The smallest absolute Gasteiger partial charge is 0.251 e. The molecule has 6 nitrogen and oxygen atoms in total. The normalized spacial score (nSPS) is 13.8. The topological polar surface area (TPSA) is 76.0 Å². The number of aromatic nitrogens is 2. The summed E-state index contributed by atoms with van der Waals surface area (Å²) < 4.78 is 14.9. The first-order valence-corrected chi connectivity index (χ1v) is 11.7. The van der Waals surface area contributed by atoms with Gasteiger partial charge in [0.2, 0.25) is 5.91 Å². The number of carbonyl (C=O) groups excluding carboxylic acids is 2. The lowest BCUT2D eigenvalue weighted by molar-refractivity contribution is -0.119.